The number of hydrogen-bond donors (Lipinski definition) is 0. The first kappa shape index (κ1) is 11.6. The zero-order valence-corrected chi connectivity index (χ0v) is 11.3. The third kappa shape index (κ3) is 2.53. The van der Waals surface area contributed by atoms with Gasteiger partial charge in [0.05, 0.1) is 4.21 Å². The molecule has 5 nitrogen and oxygen atoms in total. The molecular formula is C10H6ClN5S2. The Morgan fingerprint density at radius 3 is 2.89 bits per heavy atom. The molecular weight excluding hydrogens is 290 g/mol. The van der Waals surface area contributed by atoms with Crippen LogP contribution in [0.1, 0.15) is 0 Å². The Hall–Kier alpha value is -1.44. The summed E-state index contributed by atoms with van der Waals surface area (Å²) in [6.45, 7) is 0. The summed E-state index contributed by atoms with van der Waals surface area (Å²) in [6, 6.07) is 5.77. The van der Waals surface area contributed by atoms with Gasteiger partial charge in [0.15, 0.2) is 5.16 Å². The molecule has 0 N–H and O–H groups in total. The minimum Gasteiger partial charge on any atom is -0.206 e. The summed E-state index contributed by atoms with van der Waals surface area (Å²) in [5.74, 6) is 0.416. The third-order valence-corrected chi connectivity index (χ3v) is 4.04. The molecule has 0 saturated heterocycles. The fourth-order valence-corrected chi connectivity index (χ4v) is 3.09. The molecule has 0 unspecified atom stereocenters. The standard InChI is InChI=1S/C10H6ClN5S2/c11-8-13-9(16-5-2-4-12-16)15-10(14-8)18-7-3-1-6-17-7/h1-6H. The largest absolute Gasteiger partial charge is 0.255 e. The molecule has 90 valence electrons. The minimum atomic E-state index is 0.162. The molecule has 8 heteroatoms. The Morgan fingerprint density at radius 1 is 1.22 bits per heavy atom. The number of aromatic nitrogens is 5. The summed E-state index contributed by atoms with van der Waals surface area (Å²) in [6.07, 6.45) is 3.41. The third-order valence-electron chi connectivity index (χ3n) is 1.97. The lowest BCUT2D eigenvalue weighted by molar-refractivity contribution is 0.759. The molecule has 0 aliphatic rings. The number of hydrogen-bond acceptors (Lipinski definition) is 6. The molecule has 0 aliphatic heterocycles. The lowest BCUT2D eigenvalue weighted by Gasteiger charge is -2.02. The first-order valence-corrected chi connectivity index (χ1v) is 7.01. The molecule has 0 fully saturated rings. The van der Waals surface area contributed by atoms with Gasteiger partial charge in [-0.25, -0.2) is 4.68 Å². The predicted molar refractivity (Wildman–Crippen MR) is 70.4 cm³/mol. The van der Waals surface area contributed by atoms with Crippen LogP contribution in [-0.4, -0.2) is 24.7 Å². The number of nitrogens with zero attached hydrogens (tertiary/aromatic N) is 5. The van der Waals surface area contributed by atoms with Gasteiger partial charge < -0.3 is 0 Å². The zero-order chi connectivity index (χ0) is 12.4. The molecule has 0 saturated carbocycles. The highest BCUT2D eigenvalue weighted by atomic mass is 35.5. The molecule has 0 spiro atoms. The normalized spacial score (nSPS) is 10.7. The van der Waals surface area contributed by atoms with Crippen LogP contribution in [0.3, 0.4) is 0 Å². The summed E-state index contributed by atoms with van der Waals surface area (Å²) in [4.78, 5) is 12.4. The second kappa shape index (κ2) is 5.05. The van der Waals surface area contributed by atoms with Gasteiger partial charge in [-0.1, -0.05) is 6.07 Å². The van der Waals surface area contributed by atoms with E-state index in [1.54, 1.807) is 34.5 Å². The van der Waals surface area contributed by atoms with Crippen molar-refractivity contribution >= 4 is 34.7 Å². The van der Waals surface area contributed by atoms with E-state index in [2.05, 4.69) is 20.1 Å². The summed E-state index contributed by atoms with van der Waals surface area (Å²) < 4.78 is 2.65. The van der Waals surface area contributed by atoms with Crippen LogP contribution in [0.25, 0.3) is 5.95 Å². The van der Waals surface area contributed by atoms with Gasteiger partial charge in [-0.15, -0.1) is 11.3 Å². The molecule has 0 aromatic carbocycles. The highest BCUT2D eigenvalue weighted by molar-refractivity contribution is 8.01. The van der Waals surface area contributed by atoms with E-state index in [0.29, 0.717) is 11.1 Å². The monoisotopic (exact) mass is 295 g/mol. The second-order valence-corrected chi connectivity index (χ2v) is 5.73. The Morgan fingerprint density at radius 2 is 2.17 bits per heavy atom. The number of halogens is 1. The van der Waals surface area contributed by atoms with Gasteiger partial charge in [-0.3, -0.25) is 0 Å². The van der Waals surface area contributed by atoms with Crippen LogP contribution in [0.15, 0.2) is 45.3 Å². The van der Waals surface area contributed by atoms with Gasteiger partial charge >= 0.3 is 0 Å². The van der Waals surface area contributed by atoms with Crippen LogP contribution >= 0.6 is 34.7 Å². The Kier molecular flexibility index (Phi) is 3.26. The van der Waals surface area contributed by atoms with E-state index in [-0.39, 0.29) is 5.28 Å². The highest BCUT2D eigenvalue weighted by Gasteiger charge is 2.08. The van der Waals surface area contributed by atoms with E-state index in [4.69, 9.17) is 11.6 Å². The molecule has 0 aliphatic carbocycles. The lowest BCUT2D eigenvalue weighted by Crippen LogP contribution is -2.04. The molecule has 0 radical (unpaired) electrons. The van der Waals surface area contributed by atoms with Crippen LogP contribution in [0.2, 0.25) is 5.28 Å². The molecule has 0 amide bonds. The van der Waals surface area contributed by atoms with Crippen LogP contribution in [-0.2, 0) is 0 Å². The highest BCUT2D eigenvalue weighted by Crippen LogP contribution is 2.29. The topological polar surface area (TPSA) is 56.5 Å². The van der Waals surface area contributed by atoms with Crippen molar-refractivity contribution < 1.29 is 0 Å². The maximum atomic E-state index is 5.89. The summed E-state index contributed by atoms with van der Waals surface area (Å²) in [7, 11) is 0. The van der Waals surface area contributed by atoms with Crippen LogP contribution in [0, 0.1) is 0 Å². The minimum absolute atomic E-state index is 0.162. The van der Waals surface area contributed by atoms with Crippen molar-refractivity contribution in [2.75, 3.05) is 0 Å². The smallest absolute Gasteiger partial charge is 0.206 e. The zero-order valence-electron chi connectivity index (χ0n) is 8.89. The second-order valence-electron chi connectivity index (χ2n) is 3.17. The number of thiophene rings is 1. The maximum absolute atomic E-state index is 5.89. The van der Waals surface area contributed by atoms with E-state index in [9.17, 15) is 0 Å². The Bertz CT molecular complexity index is 638. The van der Waals surface area contributed by atoms with Crippen molar-refractivity contribution in [2.24, 2.45) is 0 Å². The fraction of sp³-hybridized carbons (Fsp3) is 0. The Labute approximate surface area is 116 Å². The summed E-state index contributed by atoms with van der Waals surface area (Å²) in [5, 5.41) is 6.78. The van der Waals surface area contributed by atoms with Crippen LogP contribution in [0.5, 0.6) is 0 Å². The molecule has 3 rings (SSSR count). The van der Waals surface area contributed by atoms with Gasteiger partial charge in [0, 0.05) is 12.4 Å². The molecule has 3 aromatic heterocycles. The average molecular weight is 296 g/mol. The molecule has 0 atom stereocenters. The first-order valence-electron chi connectivity index (χ1n) is 4.94. The van der Waals surface area contributed by atoms with Crippen molar-refractivity contribution in [1.29, 1.82) is 0 Å². The van der Waals surface area contributed by atoms with Gasteiger partial charge in [0.25, 0.3) is 5.95 Å². The fourth-order valence-electron chi connectivity index (χ4n) is 1.27. The van der Waals surface area contributed by atoms with Crippen molar-refractivity contribution in [3.05, 3.63) is 41.3 Å². The molecule has 3 aromatic rings. The maximum Gasteiger partial charge on any atom is 0.255 e. The van der Waals surface area contributed by atoms with Crippen LogP contribution in [0.4, 0.5) is 0 Å². The van der Waals surface area contributed by atoms with Gasteiger partial charge in [0.2, 0.25) is 5.28 Å². The molecule has 18 heavy (non-hydrogen) atoms. The van der Waals surface area contributed by atoms with E-state index in [1.807, 2.05) is 17.5 Å². The van der Waals surface area contributed by atoms with Crippen molar-refractivity contribution in [3.63, 3.8) is 0 Å². The quantitative estimate of drug-likeness (QED) is 0.743. The van der Waals surface area contributed by atoms with E-state index in [0.717, 1.165) is 4.21 Å². The van der Waals surface area contributed by atoms with Crippen molar-refractivity contribution in [3.8, 4) is 5.95 Å². The molecule has 0 bridgehead atoms. The van der Waals surface area contributed by atoms with E-state index >= 15 is 0 Å². The van der Waals surface area contributed by atoms with E-state index in [1.165, 1.54) is 11.8 Å². The summed E-state index contributed by atoms with van der Waals surface area (Å²) >= 11 is 8.97. The first-order chi connectivity index (χ1) is 8.81. The van der Waals surface area contributed by atoms with E-state index < -0.39 is 0 Å². The van der Waals surface area contributed by atoms with Crippen LogP contribution < -0.4 is 0 Å². The molecule has 3 heterocycles. The average Bonchev–Trinajstić information content (AvgIpc) is 3.00. The van der Waals surface area contributed by atoms with Gasteiger partial charge in [-0.2, -0.15) is 20.1 Å². The van der Waals surface area contributed by atoms with Crippen molar-refractivity contribution in [2.45, 2.75) is 9.37 Å². The van der Waals surface area contributed by atoms with Gasteiger partial charge in [0.1, 0.15) is 0 Å². The number of rotatable bonds is 3. The lowest BCUT2D eigenvalue weighted by atomic mass is 10.7. The van der Waals surface area contributed by atoms with Gasteiger partial charge in [-0.05, 0) is 40.9 Å². The van der Waals surface area contributed by atoms with Crippen molar-refractivity contribution in [1.82, 2.24) is 24.7 Å². The SMILES string of the molecule is Clc1nc(Sc2cccs2)nc(-n2cccn2)n1. The summed E-state index contributed by atoms with van der Waals surface area (Å²) in [5.41, 5.74) is 0. The predicted octanol–water partition coefficient (Wildman–Crippen LogP) is 2.92. The Balaban J connectivity index is 1.96.